The second kappa shape index (κ2) is 7.69. The van der Waals surface area contributed by atoms with Gasteiger partial charge in [0.05, 0.1) is 18.9 Å². The average molecular weight is 416 g/mol. The minimum absolute atomic E-state index is 0.107. The summed E-state index contributed by atoms with van der Waals surface area (Å²) in [7, 11) is 1.56. The maximum absolute atomic E-state index is 13.4. The van der Waals surface area contributed by atoms with Gasteiger partial charge in [0.25, 0.3) is 0 Å². The van der Waals surface area contributed by atoms with Crippen molar-refractivity contribution < 1.29 is 19.1 Å². The Morgan fingerprint density at radius 1 is 1.03 bits per heavy atom. The predicted octanol–water partition coefficient (Wildman–Crippen LogP) is 3.05. The Morgan fingerprint density at radius 2 is 1.71 bits per heavy atom. The number of likely N-dealkylation sites (tertiary alicyclic amines) is 1. The lowest BCUT2D eigenvalue weighted by atomic mass is 9.85. The van der Waals surface area contributed by atoms with Crippen LogP contribution in [-0.4, -0.2) is 35.8 Å². The van der Waals surface area contributed by atoms with Gasteiger partial charge in [-0.2, -0.15) is 0 Å². The third-order valence-corrected chi connectivity index (χ3v) is 6.73. The summed E-state index contributed by atoms with van der Waals surface area (Å²) in [5.41, 5.74) is 1.45. The molecule has 1 aliphatic heterocycles. The van der Waals surface area contributed by atoms with Crippen molar-refractivity contribution in [2.24, 2.45) is 23.7 Å². The summed E-state index contributed by atoms with van der Waals surface area (Å²) in [5.74, 6) is -0.634. The maximum atomic E-state index is 13.4. The van der Waals surface area contributed by atoms with Crippen molar-refractivity contribution in [3.8, 4) is 5.75 Å². The van der Waals surface area contributed by atoms with Crippen LogP contribution in [0.4, 0.5) is 5.69 Å². The molecule has 6 nitrogen and oxygen atoms in total. The number of rotatable bonds is 6. The van der Waals surface area contributed by atoms with E-state index in [2.05, 4.69) is 17.5 Å². The van der Waals surface area contributed by atoms with Crippen LogP contribution in [0.5, 0.6) is 5.75 Å². The number of imide groups is 1. The first kappa shape index (κ1) is 19.5. The van der Waals surface area contributed by atoms with Crippen LogP contribution >= 0.6 is 0 Å². The van der Waals surface area contributed by atoms with E-state index in [1.54, 1.807) is 31.4 Å². The quantitative estimate of drug-likeness (QED) is 0.580. The van der Waals surface area contributed by atoms with Crippen molar-refractivity contribution in [2.45, 2.75) is 18.9 Å². The number of carbonyl (C=O) groups is 3. The molecule has 3 aliphatic rings. The Morgan fingerprint density at radius 3 is 2.35 bits per heavy atom. The molecule has 0 spiro atoms. The van der Waals surface area contributed by atoms with Crippen LogP contribution in [0.1, 0.15) is 12.0 Å². The first-order valence-electron chi connectivity index (χ1n) is 10.6. The fourth-order valence-electron chi connectivity index (χ4n) is 5.30. The molecule has 3 amide bonds. The van der Waals surface area contributed by atoms with Crippen LogP contribution in [0.3, 0.4) is 0 Å². The summed E-state index contributed by atoms with van der Waals surface area (Å²) in [6, 6.07) is 15.6. The zero-order valence-electron chi connectivity index (χ0n) is 17.2. The Bertz CT molecular complexity index is 1030. The fourth-order valence-corrected chi connectivity index (χ4v) is 5.30. The Kier molecular flexibility index (Phi) is 4.85. The van der Waals surface area contributed by atoms with Gasteiger partial charge in [0.15, 0.2) is 0 Å². The number of methoxy groups -OCH3 is 1. The number of hydrogen-bond donors (Lipinski definition) is 1. The third-order valence-electron chi connectivity index (χ3n) is 6.73. The Balaban J connectivity index is 1.45. The summed E-state index contributed by atoms with van der Waals surface area (Å²) >= 11 is 0. The molecular formula is C25H24N2O4. The zero-order valence-corrected chi connectivity index (χ0v) is 17.2. The standard InChI is InChI=1S/C25H24N2O4/c1-31-19-9-5-8-18(14-19)26-23(28)20(12-15-6-3-2-4-7-15)27-24(29)21-16-10-11-17(13-16)22(21)25(27)30/h2-11,14,16-17,20-22H,12-13H2,1H3,(H,26,28). The highest BCUT2D eigenvalue weighted by atomic mass is 16.5. The summed E-state index contributed by atoms with van der Waals surface area (Å²) in [6.45, 7) is 0. The van der Waals surface area contributed by atoms with Gasteiger partial charge in [-0.25, -0.2) is 0 Å². The van der Waals surface area contributed by atoms with Gasteiger partial charge in [0.1, 0.15) is 11.8 Å². The van der Waals surface area contributed by atoms with Gasteiger partial charge in [-0.15, -0.1) is 0 Å². The predicted molar refractivity (Wildman–Crippen MR) is 115 cm³/mol. The molecule has 0 radical (unpaired) electrons. The van der Waals surface area contributed by atoms with Crippen molar-refractivity contribution in [1.82, 2.24) is 4.90 Å². The van der Waals surface area contributed by atoms with Gasteiger partial charge >= 0.3 is 0 Å². The molecule has 1 saturated heterocycles. The van der Waals surface area contributed by atoms with Gasteiger partial charge in [-0.3, -0.25) is 19.3 Å². The van der Waals surface area contributed by atoms with E-state index in [1.165, 1.54) is 4.90 Å². The van der Waals surface area contributed by atoms with E-state index in [0.29, 0.717) is 11.4 Å². The SMILES string of the molecule is COc1cccc(NC(=O)C(Cc2ccccc2)N2C(=O)C3C4C=CC(C4)C3C2=O)c1. The number of hydrogen-bond acceptors (Lipinski definition) is 4. The van der Waals surface area contributed by atoms with Crippen molar-refractivity contribution >= 4 is 23.4 Å². The monoisotopic (exact) mass is 416 g/mol. The second-order valence-electron chi connectivity index (χ2n) is 8.47. The number of nitrogens with zero attached hydrogens (tertiary/aromatic N) is 1. The van der Waals surface area contributed by atoms with Crippen LogP contribution in [-0.2, 0) is 20.8 Å². The van der Waals surface area contributed by atoms with Gasteiger partial charge in [-0.05, 0) is 36.0 Å². The van der Waals surface area contributed by atoms with Crippen LogP contribution in [0.2, 0.25) is 0 Å². The molecule has 2 aromatic rings. The first-order valence-corrected chi connectivity index (χ1v) is 10.6. The number of ether oxygens (including phenoxy) is 1. The average Bonchev–Trinajstić information content (AvgIpc) is 3.47. The van der Waals surface area contributed by atoms with Gasteiger partial charge in [-0.1, -0.05) is 48.6 Å². The molecule has 158 valence electrons. The van der Waals surface area contributed by atoms with E-state index >= 15 is 0 Å². The molecule has 5 unspecified atom stereocenters. The molecule has 0 aromatic heterocycles. The molecule has 2 bridgehead atoms. The number of nitrogens with one attached hydrogen (secondary N) is 1. The highest BCUT2D eigenvalue weighted by Gasteiger charge is 2.61. The lowest BCUT2D eigenvalue weighted by Crippen LogP contribution is -2.49. The summed E-state index contributed by atoms with van der Waals surface area (Å²) in [4.78, 5) is 41.3. The van der Waals surface area contributed by atoms with Crippen molar-refractivity contribution in [3.63, 3.8) is 0 Å². The van der Waals surface area contributed by atoms with E-state index in [0.717, 1.165) is 12.0 Å². The van der Waals surface area contributed by atoms with Crippen molar-refractivity contribution in [2.75, 3.05) is 12.4 Å². The van der Waals surface area contributed by atoms with E-state index in [1.807, 2.05) is 30.3 Å². The molecule has 1 saturated carbocycles. The molecule has 2 aliphatic carbocycles. The van der Waals surface area contributed by atoms with Crippen LogP contribution in [0.15, 0.2) is 66.7 Å². The maximum Gasteiger partial charge on any atom is 0.248 e. The molecule has 2 aromatic carbocycles. The number of allylic oxidation sites excluding steroid dienone is 2. The minimum Gasteiger partial charge on any atom is -0.497 e. The van der Waals surface area contributed by atoms with Crippen molar-refractivity contribution in [3.05, 3.63) is 72.3 Å². The molecule has 31 heavy (non-hydrogen) atoms. The van der Waals surface area contributed by atoms with Crippen LogP contribution < -0.4 is 10.1 Å². The summed E-state index contributed by atoms with van der Waals surface area (Å²) in [5, 5.41) is 2.88. The molecule has 5 rings (SSSR count). The molecular weight excluding hydrogens is 392 g/mol. The number of benzene rings is 2. The number of fused-ring (bicyclic) bond motifs is 5. The van der Waals surface area contributed by atoms with Crippen LogP contribution in [0, 0.1) is 23.7 Å². The lowest BCUT2D eigenvalue weighted by Gasteiger charge is -2.27. The molecule has 2 fully saturated rings. The van der Waals surface area contributed by atoms with E-state index in [9.17, 15) is 14.4 Å². The zero-order chi connectivity index (χ0) is 21.5. The topological polar surface area (TPSA) is 75.7 Å². The summed E-state index contributed by atoms with van der Waals surface area (Å²) in [6.07, 6.45) is 5.25. The number of amides is 3. The van der Waals surface area contributed by atoms with E-state index in [4.69, 9.17) is 4.74 Å². The summed E-state index contributed by atoms with van der Waals surface area (Å²) < 4.78 is 5.23. The van der Waals surface area contributed by atoms with Crippen molar-refractivity contribution in [1.29, 1.82) is 0 Å². The minimum atomic E-state index is -0.904. The third kappa shape index (κ3) is 3.32. The lowest BCUT2D eigenvalue weighted by molar-refractivity contribution is -0.147. The number of anilines is 1. The largest absolute Gasteiger partial charge is 0.497 e. The van der Waals surface area contributed by atoms with Crippen LogP contribution in [0.25, 0.3) is 0 Å². The fraction of sp³-hybridized carbons (Fsp3) is 0.320. The molecule has 1 heterocycles. The Hall–Kier alpha value is -3.41. The van der Waals surface area contributed by atoms with E-state index < -0.39 is 6.04 Å². The van der Waals surface area contributed by atoms with E-state index in [-0.39, 0.29) is 47.8 Å². The smallest absolute Gasteiger partial charge is 0.248 e. The molecule has 5 atom stereocenters. The molecule has 6 heteroatoms. The van der Waals surface area contributed by atoms with Gasteiger partial charge in [0, 0.05) is 18.2 Å². The highest BCUT2D eigenvalue weighted by Crippen LogP contribution is 2.53. The van der Waals surface area contributed by atoms with Gasteiger partial charge < -0.3 is 10.1 Å². The van der Waals surface area contributed by atoms with Gasteiger partial charge in [0.2, 0.25) is 17.7 Å². The highest BCUT2D eigenvalue weighted by molar-refractivity contribution is 6.11. The second-order valence-corrected chi connectivity index (χ2v) is 8.47. The Labute approximate surface area is 180 Å². The first-order chi connectivity index (χ1) is 15.1. The normalized spacial score (nSPS) is 26.8. The number of carbonyl (C=O) groups excluding carboxylic acids is 3. The molecule has 1 N–H and O–H groups in total.